The molecule has 0 radical (unpaired) electrons. The first-order chi connectivity index (χ1) is 29.0. The molecule has 0 aromatic carbocycles. The number of hydrogen-bond donors (Lipinski definition) is 3. The molecule has 0 aliphatic carbocycles. The number of rotatable bonds is 40. The Hall–Kier alpha value is -3.48. The first-order valence-electron chi connectivity index (χ1n) is 23.7. The molecule has 6 nitrogen and oxygen atoms in total. The van der Waals surface area contributed by atoms with Crippen molar-refractivity contribution in [2.24, 2.45) is 0 Å². The van der Waals surface area contributed by atoms with Crippen LogP contribution < -0.4 is 5.32 Å². The summed E-state index contributed by atoms with van der Waals surface area (Å²) >= 11 is 0. The van der Waals surface area contributed by atoms with E-state index >= 15 is 0 Å². The molecule has 0 aromatic rings. The Labute approximate surface area is 362 Å². The van der Waals surface area contributed by atoms with Crippen LogP contribution in [0.4, 0.5) is 0 Å². The second kappa shape index (κ2) is 45.6. The molecule has 1 amide bonds. The van der Waals surface area contributed by atoms with Crippen molar-refractivity contribution >= 4 is 11.9 Å². The molecule has 0 heterocycles. The zero-order valence-electron chi connectivity index (χ0n) is 37.8. The predicted octanol–water partition coefficient (Wildman–Crippen LogP) is 13.9. The first kappa shape index (κ1) is 55.5. The summed E-state index contributed by atoms with van der Waals surface area (Å²) in [4.78, 5) is 26.0. The zero-order chi connectivity index (χ0) is 43.1. The van der Waals surface area contributed by atoms with Gasteiger partial charge in [0.15, 0.2) is 0 Å². The molecular weight excluding hydrogens is 731 g/mol. The number of hydrogen-bond acceptors (Lipinski definition) is 5. The van der Waals surface area contributed by atoms with Gasteiger partial charge in [-0.25, -0.2) is 0 Å². The van der Waals surface area contributed by atoms with Crippen LogP contribution in [0.1, 0.15) is 188 Å². The molecule has 0 aliphatic rings. The molecule has 6 heteroatoms. The molecule has 3 atom stereocenters. The van der Waals surface area contributed by atoms with Gasteiger partial charge in [0.25, 0.3) is 0 Å². The summed E-state index contributed by atoms with van der Waals surface area (Å²) in [6.07, 6.45) is 61.4. The highest BCUT2D eigenvalue weighted by molar-refractivity contribution is 5.77. The lowest BCUT2D eigenvalue weighted by Crippen LogP contribution is -2.46. The molecule has 0 saturated heterocycles. The van der Waals surface area contributed by atoms with Crippen molar-refractivity contribution in [2.45, 2.75) is 206 Å². The van der Waals surface area contributed by atoms with Crippen molar-refractivity contribution in [1.82, 2.24) is 5.32 Å². The van der Waals surface area contributed by atoms with E-state index in [4.69, 9.17) is 4.74 Å². The van der Waals surface area contributed by atoms with Gasteiger partial charge in [-0.05, 0) is 77.0 Å². The molecule has 3 N–H and O–H groups in total. The van der Waals surface area contributed by atoms with E-state index in [0.717, 1.165) is 89.9 Å². The minimum absolute atomic E-state index is 0.0152. The van der Waals surface area contributed by atoms with E-state index < -0.39 is 18.2 Å². The van der Waals surface area contributed by atoms with Crippen molar-refractivity contribution in [2.75, 3.05) is 6.61 Å². The predicted molar refractivity (Wildman–Crippen MR) is 254 cm³/mol. The lowest BCUT2D eigenvalue weighted by Gasteiger charge is -2.24. The Morgan fingerprint density at radius 3 is 1.59 bits per heavy atom. The van der Waals surface area contributed by atoms with Gasteiger partial charge in [-0.2, -0.15) is 0 Å². The van der Waals surface area contributed by atoms with Crippen LogP contribution in [0.3, 0.4) is 0 Å². The Morgan fingerprint density at radius 1 is 0.525 bits per heavy atom. The van der Waals surface area contributed by atoms with Crippen LogP contribution in [0, 0.1) is 0 Å². The topological polar surface area (TPSA) is 95.9 Å². The van der Waals surface area contributed by atoms with Crippen LogP contribution >= 0.6 is 0 Å². The van der Waals surface area contributed by atoms with Crippen LogP contribution in [0.5, 0.6) is 0 Å². The zero-order valence-corrected chi connectivity index (χ0v) is 37.8. The normalized spacial score (nSPS) is 14.3. The number of unbranched alkanes of at least 4 members (excludes halogenated alkanes) is 14. The fourth-order valence-electron chi connectivity index (χ4n) is 6.45. The largest absolute Gasteiger partial charge is 0.462 e. The quantitative estimate of drug-likeness (QED) is 0.0248. The van der Waals surface area contributed by atoms with Gasteiger partial charge in [-0.15, -0.1) is 0 Å². The number of nitrogens with one attached hydrogen (secondary N) is 1. The maximum atomic E-state index is 13.1. The number of carbonyl (C=O) groups is 2. The van der Waals surface area contributed by atoms with Crippen LogP contribution in [0.15, 0.2) is 109 Å². The van der Waals surface area contributed by atoms with E-state index in [0.29, 0.717) is 19.3 Å². The smallest absolute Gasteiger partial charge is 0.306 e. The average molecular weight is 818 g/mol. The number of ether oxygens (including phenoxy) is 1. The highest BCUT2D eigenvalue weighted by Gasteiger charge is 2.24. The molecule has 0 aliphatic heterocycles. The Balaban J connectivity index is 4.81. The van der Waals surface area contributed by atoms with E-state index in [1.54, 1.807) is 0 Å². The molecule has 59 heavy (non-hydrogen) atoms. The summed E-state index contributed by atoms with van der Waals surface area (Å²) in [5.74, 6) is -0.591. The summed E-state index contributed by atoms with van der Waals surface area (Å²) in [6.45, 7) is 6.17. The van der Waals surface area contributed by atoms with Crippen molar-refractivity contribution in [3.05, 3.63) is 109 Å². The molecule has 3 unspecified atom stereocenters. The maximum Gasteiger partial charge on any atom is 0.306 e. The average Bonchev–Trinajstić information content (AvgIpc) is 3.23. The standard InChI is InChI=1S/C53H87NO5/c1-4-7-10-13-16-19-22-24-26-28-31-34-37-40-43-46-53(58)59-49(44-41-38-35-32-30-27-25-23-20-17-14-11-8-5-2)47-52(57)54-50(48-55)51(56)45-42-39-36-33-29-21-18-15-12-9-6-3/h7-8,10-11,13,16-17,19-20,22,24-28,31-32,35,49-51,55-56H,4-6,9,12,14-15,18,21,23,29-30,33-34,36-48H2,1-3H3,(H,54,57)/b10-7+,11-8+,16-13+,20-17+,22-19-,26-24-,27-25+,31-28+,35-32+. The molecule has 334 valence electrons. The van der Waals surface area contributed by atoms with Gasteiger partial charge < -0.3 is 20.3 Å². The number of amides is 1. The minimum Gasteiger partial charge on any atom is -0.462 e. The van der Waals surface area contributed by atoms with E-state index in [2.05, 4.69) is 86.8 Å². The first-order valence-corrected chi connectivity index (χ1v) is 23.7. The summed E-state index contributed by atoms with van der Waals surface area (Å²) < 4.78 is 5.86. The third kappa shape index (κ3) is 41.1. The summed E-state index contributed by atoms with van der Waals surface area (Å²) in [7, 11) is 0. The Kier molecular flexibility index (Phi) is 42.9. The van der Waals surface area contributed by atoms with Crippen molar-refractivity contribution in [3.63, 3.8) is 0 Å². The summed E-state index contributed by atoms with van der Waals surface area (Å²) in [6, 6.07) is -0.734. The van der Waals surface area contributed by atoms with Gasteiger partial charge in [0.2, 0.25) is 5.91 Å². The fraction of sp³-hybridized carbons (Fsp3) is 0.623. The van der Waals surface area contributed by atoms with Gasteiger partial charge in [0, 0.05) is 6.42 Å². The monoisotopic (exact) mass is 818 g/mol. The summed E-state index contributed by atoms with van der Waals surface area (Å²) in [5.41, 5.74) is 0. The Bertz CT molecular complexity index is 1240. The number of carbonyl (C=O) groups excluding carboxylic acids is 2. The van der Waals surface area contributed by atoms with Gasteiger partial charge >= 0.3 is 5.97 Å². The number of esters is 1. The lowest BCUT2D eigenvalue weighted by molar-refractivity contribution is -0.151. The third-order valence-electron chi connectivity index (χ3n) is 9.98. The second-order valence-corrected chi connectivity index (χ2v) is 15.5. The van der Waals surface area contributed by atoms with Gasteiger partial charge in [-0.1, -0.05) is 207 Å². The molecular formula is C53H87NO5. The number of allylic oxidation sites excluding steroid dienone is 18. The second-order valence-electron chi connectivity index (χ2n) is 15.5. The molecule has 0 bridgehead atoms. The van der Waals surface area contributed by atoms with E-state index in [9.17, 15) is 19.8 Å². The van der Waals surface area contributed by atoms with Gasteiger partial charge in [0.05, 0.1) is 25.2 Å². The van der Waals surface area contributed by atoms with E-state index in [-0.39, 0.29) is 24.9 Å². The van der Waals surface area contributed by atoms with Crippen LogP contribution in [0.25, 0.3) is 0 Å². The maximum absolute atomic E-state index is 13.1. The Morgan fingerprint density at radius 2 is 1.02 bits per heavy atom. The van der Waals surface area contributed by atoms with Crippen LogP contribution in [0.2, 0.25) is 0 Å². The SMILES string of the molecule is CC/C=C/C=C/C=C\C=C/C=C/CCCCCC(=O)OC(CCC/C=C/C/C=C/C/C=C/C/C=C/CC)CC(=O)NC(CO)C(O)CCCCCCCCCCCCC. The van der Waals surface area contributed by atoms with Crippen LogP contribution in [-0.4, -0.2) is 46.9 Å². The molecule has 0 aromatic heterocycles. The lowest BCUT2D eigenvalue weighted by atomic mass is 10.0. The third-order valence-corrected chi connectivity index (χ3v) is 9.98. The van der Waals surface area contributed by atoms with Crippen LogP contribution in [-0.2, 0) is 14.3 Å². The molecule has 0 fully saturated rings. The number of aliphatic hydroxyl groups excluding tert-OH is 2. The van der Waals surface area contributed by atoms with Gasteiger partial charge in [0.1, 0.15) is 6.10 Å². The molecule has 0 saturated carbocycles. The summed E-state index contributed by atoms with van der Waals surface area (Å²) in [5, 5.41) is 23.6. The minimum atomic E-state index is -0.815. The van der Waals surface area contributed by atoms with E-state index in [1.165, 1.54) is 51.4 Å². The van der Waals surface area contributed by atoms with E-state index in [1.807, 2.05) is 48.6 Å². The van der Waals surface area contributed by atoms with Crippen molar-refractivity contribution in [1.29, 1.82) is 0 Å². The molecule has 0 spiro atoms. The van der Waals surface area contributed by atoms with Crippen molar-refractivity contribution < 1.29 is 24.5 Å². The van der Waals surface area contributed by atoms with Crippen molar-refractivity contribution in [3.8, 4) is 0 Å². The number of aliphatic hydroxyl groups is 2. The van der Waals surface area contributed by atoms with Gasteiger partial charge in [-0.3, -0.25) is 9.59 Å². The highest BCUT2D eigenvalue weighted by Crippen LogP contribution is 2.16. The highest BCUT2D eigenvalue weighted by atomic mass is 16.5. The fourth-order valence-corrected chi connectivity index (χ4v) is 6.45. The molecule has 0 rings (SSSR count).